The zero-order valence-electron chi connectivity index (χ0n) is 24.4. The standard InChI is InChI=1S/C31H35FN6O5S/c1-36-27(25-10-23(39)9-19-5-2-3-6-24(19)25)11-26-28(44(36,40)41)29(38-21-13-33-14-22(38)17-42-16-21)35-30(34-26)43-18-31-7-4-8-37(31)15-20(32)12-31/h2-3,5-6,9-11,20-22,33,39H,4,7-8,12-18H2,1H3/t20-,21?,22?,31+/m1/s1. The van der Waals surface area contributed by atoms with Crippen LogP contribution in [0.5, 0.6) is 11.8 Å². The normalized spacial score (nSPS) is 29.4. The van der Waals surface area contributed by atoms with E-state index < -0.39 is 21.7 Å². The first-order valence-electron chi connectivity index (χ1n) is 15.2. The molecule has 232 valence electrons. The average molecular weight is 623 g/mol. The van der Waals surface area contributed by atoms with Gasteiger partial charge in [0, 0.05) is 38.7 Å². The smallest absolute Gasteiger partial charge is 0.319 e. The highest BCUT2D eigenvalue weighted by Crippen LogP contribution is 2.44. The number of fused-ring (bicyclic) bond motifs is 5. The molecule has 13 heteroatoms. The van der Waals surface area contributed by atoms with Gasteiger partial charge in [0.2, 0.25) is 0 Å². The Balaban J connectivity index is 1.29. The molecular weight excluding hydrogens is 587 g/mol. The number of anilines is 1. The molecule has 5 aliphatic heterocycles. The third kappa shape index (κ3) is 4.35. The van der Waals surface area contributed by atoms with Crippen molar-refractivity contribution in [1.29, 1.82) is 0 Å². The molecule has 0 spiro atoms. The van der Waals surface area contributed by atoms with E-state index in [9.17, 15) is 17.9 Å². The number of phenolic OH excluding ortho intramolecular Hbond substituents is 1. The van der Waals surface area contributed by atoms with Crippen molar-refractivity contribution < 1.29 is 27.4 Å². The summed E-state index contributed by atoms with van der Waals surface area (Å²) in [5.74, 6) is 0.323. The number of morpholine rings is 1. The Morgan fingerprint density at radius 3 is 2.80 bits per heavy atom. The van der Waals surface area contributed by atoms with Crippen molar-refractivity contribution in [3.05, 3.63) is 47.7 Å². The van der Waals surface area contributed by atoms with E-state index in [2.05, 4.69) is 15.1 Å². The van der Waals surface area contributed by atoms with Gasteiger partial charge < -0.3 is 24.8 Å². The molecule has 4 fully saturated rings. The third-order valence-electron chi connectivity index (χ3n) is 9.85. The molecule has 8 rings (SSSR count). The van der Waals surface area contributed by atoms with Crippen molar-refractivity contribution >= 4 is 38.4 Å². The van der Waals surface area contributed by atoms with Gasteiger partial charge in [-0.3, -0.25) is 9.21 Å². The number of piperazine rings is 1. The summed E-state index contributed by atoms with van der Waals surface area (Å²) in [4.78, 5) is 13.7. The molecule has 4 saturated heterocycles. The van der Waals surface area contributed by atoms with Gasteiger partial charge >= 0.3 is 6.01 Å². The molecule has 1 aromatic heterocycles. The van der Waals surface area contributed by atoms with Gasteiger partial charge in [-0.05, 0) is 48.4 Å². The summed E-state index contributed by atoms with van der Waals surface area (Å²) < 4.78 is 56.8. The van der Waals surface area contributed by atoms with Crippen LogP contribution in [0, 0.1) is 0 Å². The number of sulfonamides is 1. The average Bonchev–Trinajstić information content (AvgIpc) is 3.52. The summed E-state index contributed by atoms with van der Waals surface area (Å²) in [5.41, 5.74) is 0.749. The first kappa shape index (κ1) is 28.0. The number of nitrogens with zero attached hydrogens (tertiary/aromatic N) is 5. The number of aromatic nitrogens is 2. The van der Waals surface area contributed by atoms with Crippen LogP contribution in [-0.2, 0) is 14.8 Å². The lowest BCUT2D eigenvalue weighted by Crippen LogP contribution is -2.64. The Hall–Kier alpha value is -3.52. The van der Waals surface area contributed by atoms with Crippen LogP contribution < -0.4 is 15.0 Å². The molecule has 11 nitrogen and oxygen atoms in total. The Kier molecular flexibility index (Phi) is 6.53. The number of alkyl halides is 1. The van der Waals surface area contributed by atoms with Crippen LogP contribution in [0.4, 0.5) is 10.2 Å². The van der Waals surface area contributed by atoms with E-state index >= 15 is 0 Å². The molecule has 0 amide bonds. The van der Waals surface area contributed by atoms with Crippen LogP contribution in [0.15, 0.2) is 41.3 Å². The monoisotopic (exact) mass is 622 g/mol. The number of aromatic hydroxyl groups is 1. The lowest BCUT2D eigenvalue weighted by atomic mass is 9.95. The fourth-order valence-electron chi connectivity index (χ4n) is 7.78. The van der Waals surface area contributed by atoms with Crippen molar-refractivity contribution in [2.75, 3.05) is 57.9 Å². The van der Waals surface area contributed by atoms with Gasteiger partial charge in [-0.1, -0.05) is 24.3 Å². The number of nitrogens with one attached hydrogen (secondary N) is 1. The van der Waals surface area contributed by atoms with Crippen LogP contribution in [-0.4, -0.2) is 110 Å². The number of hydrogen-bond acceptors (Lipinski definition) is 10. The third-order valence-corrected chi connectivity index (χ3v) is 11.7. The molecule has 3 aromatic rings. The number of benzene rings is 2. The van der Waals surface area contributed by atoms with E-state index in [1.165, 1.54) is 11.4 Å². The number of rotatable bonds is 5. The lowest BCUT2D eigenvalue weighted by molar-refractivity contribution is 0.0516. The van der Waals surface area contributed by atoms with Crippen molar-refractivity contribution in [2.24, 2.45) is 0 Å². The minimum absolute atomic E-state index is 0.0182. The number of phenols is 1. The Labute approximate surface area is 255 Å². The molecule has 2 aromatic carbocycles. The fraction of sp³-hybridized carbons (Fsp3) is 0.484. The predicted octanol–water partition coefficient (Wildman–Crippen LogP) is 2.60. The predicted molar refractivity (Wildman–Crippen MR) is 163 cm³/mol. The van der Waals surface area contributed by atoms with Crippen LogP contribution in [0.3, 0.4) is 0 Å². The minimum atomic E-state index is -4.14. The molecule has 6 heterocycles. The number of ether oxygens (including phenoxy) is 2. The highest BCUT2D eigenvalue weighted by atomic mass is 32.2. The maximum absolute atomic E-state index is 14.5. The van der Waals surface area contributed by atoms with E-state index in [0.717, 1.165) is 30.2 Å². The second-order valence-electron chi connectivity index (χ2n) is 12.5. The molecule has 4 atom stereocenters. The van der Waals surface area contributed by atoms with Crippen molar-refractivity contribution in [3.8, 4) is 11.8 Å². The van der Waals surface area contributed by atoms with E-state index in [-0.39, 0.29) is 41.0 Å². The molecule has 2 unspecified atom stereocenters. The summed E-state index contributed by atoms with van der Waals surface area (Å²) in [5, 5.41) is 15.6. The second-order valence-corrected chi connectivity index (χ2v) is 14.4. The molecule has 2 N–H and O–H groups in total. The molecule has 2 bridgehead atoms. The van der Waals surface area contributed by atoms with E-state index in [4.69, 9.17) is 19.4 Å². The Morgan fingerprint density at radius 1 is 1.18 bits per heavy atom. The highest BCUT2D eigenvalue weighted by molar-refractivity contribution is 7.89. The van der Waals surface area contributed by atoms with Gasteiger partial charge in [0.15, 0.2) is 10.7 Å². The molecule has 5 aliphatic rings. The van der Waals surface area contributed by atoms with Crippen molar-refractivity contribution in [3.63, 3.8) is 0 Å². The molecule has 0 saturated carbocycles. The van der Waals surface area contributed by atoms with Crippen LogP contribution in [0.25, 0.3) is 22.5 Å². The molecule has 44 heavy (non-hydrogen) atoms. The second kappa shape index (κ2) is 10.3. The topological polar surface area (TPSA) is 120 Å². The molecule has 0 aliphatic carbocycles. The molecule has 0 radical (unpaired) electrons. The van der Waals surface area contributed by atoms with Crippen molar-refractivity contribution in [1.82, 2.24) is 24.5 Å². The van der Waals surface area contributed by atoms with Crippen LogP contribution in [0.1, 0.15) is 30.5 Å². The highest BCUT2D eigenvalue weighted by Gasteiger charge is 2.50. The van der Waals surface area contributed by atoms with Crippen molar-refractivity contribution in [2.45, 2.75) is 48.0 Å². The minimum Gasteiger partial charge on any atom is -0.508 e. The maximum atomic E-state index is 14.5. The van der Waals surface area contributed by atoms with Gasteiger partial charge in [-0.25, -0.2) is 12.8 Å². The largest absolute Gasteiger partial charge is 0.508 e. The number of halogens is 1. The fourth-order valence-corrected chi connectivity index (χ4v) is 9.22. The van der Waals surface area contributed by atoms with E-state index in [1.807, 2.05) is 24.3 Å². The number of hydrogen-bond donors (Lipinski definition) is 2. The van der Waals surface area contributed by atoms with E-state index in [0.29, 0.717) is 56.3 Å². The zero-order valence-corrected chi connectivity index (χ0v) is 25.3. The van der Waals surface area contributed by atoms with E-state index in [1.54, 1.807) is 18.2 Å². The summed E-state index contributed by atoms with van der Waals surface area (Å²) in [7, 11) is -2.62. The van der Waals surface area contributed by atoms with Gasteiger partial charge in [0.05, 0.1) is 42.2 Å². The van der Waals surface area contributed by atoms with Crippen LogP contribution in [0.2, 0.25) is 0 Å². The summed E-state index contributed by atoms with van der Waals surface area (Å²) in [6, 6.07) is 10.6. The quantitative estimate of drug-likeness (QED) is 0.440. The maximum Gasteiger partial charge on any atom is 0.319 e. The van der Waals surface area contributed by atoms with Crippen LogP contribution >= 0.6 is 0 Å². The van der Waals surface area contributed by atoms with Gasteiger partial charge in [0.1, 0.15) is 18.5 Å². The van der Waals surface area contributed by atoms with Gasteiger partial charge in [-0.15, -0.1) is 0 Å². The SMILES string of the molecule is CN1C(c2cc(O)cc3ccccc23)=Cc2nc(OC[C@@]34CCCN3C[C@H](F)C4)nc(N3C4CNCC3COC4)c2S1(=O)=O. The summed E-state index contributed by atoms with van der Waals surface area (Å²) in [6.45, 7) is 3.56. The Bertz CT molecular complexity index is 1770. The Morgan fingerprint density at radius 2 is 1.98 bits per heavy atom. The molecular formula is C31H35FN6O5S. The summed E-state index contributed by atoms with van der Waals surface area (Å²) >= 11 is 0. The first-order chi connectivity index (χ1) is 21.2. The van der Waals surface area contributed by atoms with Gasteiger partial charge in [-0.2, -0.15) is 9.97 Å². The summed E-state index contributed by atoms with van der Waals surface area (Å²) in [6.07, 6.45) is 3.04. The lowest BCUT2D eigenvalue weighted by Gasteiger charge is -2.47. The van der Waals surface area contributed by atoms with Gasteiger partial charge in [0.25, 0.3) is 10.0 Å². The first-order valence-corrected chi connectivity index (χ1v) is 16.6. The zero-order chi connectivity index (χ0) is 30.2.